The summed E-state index contributed by atoms with van der Waals surface area (Å²) < 4.78 is 5.67. The molecule has 1 aliphatic rings. The number of nitrogen functional groups attached to an aromatic ring is 1. The Morgan fingerprint density at radius 2 is 2.12 bits per heavy atom. The first-order valence-electron chi connectivity index (χ1n) is 6.22. The van der Waals surface area contributed by atoms with Crippen LogP contribution < -0.4 is 10.5 Å². The predicted molar refractivity (Wildman–Crippen MR) is 67.6 cm³/mol. The Labute approximate surface area is 102 Å². The molecule has 0 amide bonds. The molecule has 0 heterocycles. The van der Waals surface area contributed by atoms with Crippen molar-refractivity contribution in [1.82, 2.24) is 0 Å². The normalized spacial score (nSPS) is 15.7. The minimum Gasteiger partial charge on any atom is -0.492 e. The molecule has 90 valence electrons. The monoisotopic (exact) mass is 230 g/mol. The van der Waals surface area contributed by atoms with Gasteiger partial charge in [-0.15, -0.1) is 0 Å². The summed E-state index contributed by atoms with van der Waals surface area (Å²) in [5, 5.41) is 8.97. The highest BCUT2D eigenvalue weighted by Gasteiger charge is 2.14. The molecule has 2 N–H and O–H groups in total. The van der Waals surface area contributed by atoms with Crippen LogP contribution in [0.2, 0.25) is 0 Å². The topological polar surface area (TPSA) is 59.0 Å². The van der Waals surface area contributed by atoms with E-state index in [2.05, 4.69) is 6.07 Å². The molecule has 1 aromatic carbocycles. The van der Waals surface area contributed by atoms with Gasteiger partial charge in [-0.2, -0.15) is 5.26 Å². The number of benzene rings is 1. The number of ether oxygens (including phenoxy) is 1. The van der Waals surface area contributed by atoms with Gasteiger partial charge in [0.05, 0.1) is 12.2 Å². The molecular weight excluding hydrogens is 212 g/mol. The third kappa shape index (κ3) is 3.13. The first-order chi connectivity index (χ1) is 8.29. The summed E-state index contributed by atoms with van der Waals surface area (Å²) in [5.41, 5.74) is 6.75. The van der Waals surface area contributed by atoms with Crippen molar-refractivity contribution in [2.75, 3.05) is 12.3 Å². The van der Waals surface area contributed by atoms with E-state index in [1.54, 1.807) is 18.2 Å². The molecular formula is C14H18N2O. The Morgan fingerprint density at radius 1 is 1.35 bits per heavy atom. The Kier molecular flexibility index (Phi) is 3.87. The average molecular weight is 230 g/mol. The Morgan fingerprint density at radius 3 is 2.82 bits per heavy atom. The fourth-order valence-electron chi connectivity index (χ4n) is 2.40. The molecule has 0 spiro atoms. The second-order valence-corrected chi connectivity index (χ2v) is 4.66. The molecule has 17 heavy (non-hydrogen) atoms. The van der Waals surface area contributed by atoms with Gasteiger partial charge in [-0.3, -0.25) is 0 Å². The number of nitriles is 1. The van der Waals surface area contributed by atoms with E-state index in [9.17, 15) is 0 Å². The minimum absolute atomic E-state index is 0.524. The summed E-state index contributed by atoms with van der Waals surface area (Å²) in [7, 11) is 0. The lowest BCUT2D eigenvalue weighted by Crippen LogP contribution is -2.05. The summed E-state index contributed by atoms with van der Waals surface area (Å²) >= 11 is 0. The fourth-order valence-corrected chi connectivity index (χ4v) is 2.40. The van der Waals surface area contributed by atoms with E-state index >= 15 is 0 Å². The Balaban J connectivity index is 1.88. The van der Waals surface area contributed by atoms with Crippen molar-refractivity contribution in [3.63, 3.8) is 0 Å². The Bertz CT molecular complexity index is 417. The number of anilines is 1. The zero-order chi connectivity index (χ0) is 12.1. The van der Waals surface area contributed by atoms with Crippen LogP contribution in [0.1, 0.15) is 37.7 Å². The first-order valence-corrected chi connectivity index (χ1v) is 6.22. The van der Waals surface area contributed by atoms with Gasteiger partial charge < -0.3 is 10.5 Å². The largest absolute Gasteiger partial charge is 0.492 e. The van der Waals surface area contributed by atoms with Gasteiger partial charge in [0.15, 0.2) is 0 Å². The van der Waals surface area contributed by atoms with Gasteiger partial charge in [-0.1, -0.05) is 25.7 Å². The maximum Gasteiger partial charge on any atom is 0.137 e. The zero-order valence-electron chi connectivity index (χ0n) is 9.98. The van der Waals surface area contributed by atoms with Crippen molar-refractivity contribution in [3.8, 4) is 11.8 Å². The molecule has 3 heteroatoms. The van der Waals surface area contributed by atoms with Crippen LogP contribution in [0.25, 0.3) is 0 Å². The van der Waals surface area contributed by atoms with Gasteiger partial charge in [0.25, 0.3) is 0 Å². The molecule has 2 rings (SSSR count). The third-order valence-corrected chi connectivity index (χ3v) is 3.38. The van der Waals surface area contributed by atoms with Crippen LogP contribution in [0, 0.1) is 17.2 Å². The van der Waals surface area contributed by atoms with Gasteiger partial charge in [-0.05, 0) is 30.5 Å². The van der Waals surface area contributed by atoms with Crippen molar-refractivity contribution in [2.45, 2.75) is 32.1 Å². The van der Waals surface area contributed by atoms with Crippen LogP contribution in [0.5, 0.6) is 5.75 Å². The van der Waals surface area contributed by atoms with Crippen molar-refractivity contribution >= 4 is 5.69 Å². The number of nitrogens with two attached hydrogens (primary N) is 1. The van der Waals surface area contributed by atoms with Gasteiger partial charge >= 0.3 is 0 Å². The highest BCUT2D eigenvalue weighted by molar-refractivity contribution is 5.53. The molecule has 0 atom stereocenters. The van der Waals surface area contributed by atoms with Gasteiger partial charge in [-0.25, -0.2) is 0 Å². The van der Waals surface area contributed by atoms with Gasteiger partial charge in [0.2, 0.25) is 0 Å². The van der Waals surface area contributed by atoms with Crippen molar-refractivity contribution in [2.24, 2.45) is 5.92 Å². The molecule has 0 radical (unpaired) electrons. The maximum absolute atomic E-state index is 8.97. The predicted octanol–water partition coefficient (Wildman–Crippen LogP) is 3.10. The van der Waals surface area contributed by atoms with Crippen molar-refractivity contribution in [1.29, 1.82) is 5.26 Å². The van der Waals surface area contributed by atoms with Gasteiger partial charge in [0.1, 0.15) is 11.8 Å². The van der Waals surface area contributed by atoms with Crippen LogP contribution in [-0.4, -0.2) is 6.61 Å². The highest BCUT2D eigenvalue weighted by atomic mass is 16.5. The quantitative estimate of drug-likeness (QED) is 0.808. The SMILES string of the molecule is N#Cc1cc(N)ccc1OCCC1CCCC1. The number of rotatable bonds is 4. The number of hydrogen-bond donors (Lipinski definition) is 1. The fraction of sp³-hybridized carbons (Fsp3) is 0.500. The van der Waals surface area contributed by atoms with Crippen molar-refractivity contribution < 1.29 is 4.74 Å². The highest BCUT2D eigenvalue weighted by Crippen LogP contribution is 2.28. The van der Waals surface area contributed by atoms with E-state index in [1.165, 1.54) is 25.7 Å². The lowest BCUT2D eigenvalue weighted by molar-refractivity contribution is 0.278. The van der Waals surface area contributed by atoms with Crippen LogP contribution >= 0.6 is 0 Å². The standard InChI is InChI=1S/C14H18N2O/c15-10-12-9-13(16)5-6-14(12)17-8-7-11-3-1-2-4-11/h5-6,9,11H,1-4,7-8,16H2. The minimum atomic E-state index is 0.524. The summed E-state index contributed by atoms with van der Waals surface area (Å²) in [6.07, 6.45) is 6.47. The number of hydrogen-bond acceptors (Lipinski definition) is 3. The van der Waals surface area contributed by atoms with E-state index in [0.717, 1.165) is 12.3 Å². The summed E-state index contributed by atoms with van der Waals surface area (Å²) in [4.78, 5) is 0. The Hall–Kier alpha value is -1.69. The van der Waals surface area contributed by atoms with E-state index < -0.39 is 0 Å². The third-order valence-electron chi connectivity index (χ3n) is 3.38. The van der Waals surface area contributed by atoms with E-state index in [-0.39, 0.29) is 0 Å². The average Bonchev–Trinajstić information content (AvgIpc) is 2.84. The molecule has 1 aliphatic carbocycles. The molecule has 1 saturated carbocycles. The molecule has 0 aliphatic heterocycles. The summed E-state index contributed by atoms with van der Waals surface area (Å²) in [6.45, 7) is 0.698. The molecule has 0 unspecified atom stereocenters. The summed E-state index contributed by atoms with van der Waals surface area (Å²) in [6, 6.07) is 7.32. The first kappa shape index (κ1) is 11.8. The molecule has 0 bridgehead atoms. The zero-order valence-corrected chi connectivity index (χ0v) is 9.98. The van der Waals surface area contributed by atoms with Crippen LogP contribution in [0.3, 0.4) is 0 Å². The lowest BCUT2D eigenvalue weighted by atomic mass is 10.1. The molecule has 3 nitrogen and oxygen atoms in total. The number of nitrogens with zero attached hydrogens (tertiary/aromatic N) is 1. The summed E-state index contributed by atoms with van der Waals surface area (Å²) in [5.74, 6) is 1.47. The van der Waals surface area contributed by atoms with E-state index in [0.29, 0.717) is 23.6 Å². The van der Waals surface area contributed by atoms with E-state index in [1.807, 2.05) is 0 Å². The molecule has 1 fully saturated rings. The molecule has 0 aromatic heterocycles. The van der Waals surface area contributed by atoms with E-state index in [4.69, 9.17) is 15.7 Å². The molecule has 0 saturated heterocycles. The van der Waals surface area contributed by atoms with Crippen molar-refractivity contribution in [3.05, 3.63) is 23.8 Å². The molecule has 1 aromatic rings. The van der Waals surface area contributed by atoms with Crippen LogP contribution in [0.15, 0.2) is 18.2 Å². The van der Waals surface area contributed by atoms with Crippen LogP contribution in [0.4, 0.5) is 5.69 Å². The second kappa shape index (κ2) is 5.58. The maximum atomic E-state index is 8.97. The lowest BCUT2D eigenvalue weighted by Gasteiger charge is -2.11. The second-order valence-electron chi connectivity index (χ2n) is 4.66. The van der Waals surface area contributed by atoms with Gasteiger partial charge in [0, 0.05) is 5.69 Å². The van der Waals surface area contributed by atoms with Crippen LogP contribution in [-0.2, 0) is 0 Å². The smallest absolute Gasteiger partial charge is 0.137 e.